The molecule has 6 nitrogen and oxygen atoms in total. The zero-order valence-electron chi connectivity index (χ0n) is 15.1. The molecule has 0 radical (unpaired) electrons. The van der Waals surface area contributed by atoms with E-state index in [1.54, 1.807) is 0 Å². The van der Waals surface area contributed by atoms with Gasteiger partial charge in [0.1, 0.15) is 5.75 Å². The van der Waals surface area contributed by atoms with Gasteiger partial charge in [0, 0.05) is 6.04 Å². The molecule has 1 aromatic carbocycles. The van der Waals surface area contributed by atoms with Crippen molar-refractivity contribution in [3.05, 3.63) is 35.7 Å². The number of aromatic nitrogens is 2. The van der Waals surface area contributed by atoms with Gasteiger partial charge in [-0.1, -0.05) is 42.8 Å². The van der Waals surface area contributed by atoms with Crippen LogP contribution in [0.25, 0.3) is 0 Å². The van der Waals surface area contributed by atoms with Crippen molar-refractivity contribution in [1.82, 2.24) is 15.5 Å². The van der Waals surface area contributed by atoms with Crippen LogP contribution in [-0.2, 0) is 11.4 Å². The molecule has 136 valence electrons. The summed E-state index contributed by atoms with van der Waals surface area (Å²) in [6.45, 7) is 8.15. The van der Waals surface area contributed by atoms with Crippen LogP contribution in [0.15, 0.2) is 33.9 Å². The minimum absolute atomic E-state index is 0.0263. The van der Waals surface area contributed by atoms with Gasteiger partial charge in [0.2, 0.25) is 5.91 Å². The summed E-state index contributed by atoms with van der Waals surface area (Å²) in [5, 5.41) is 11.0. The number of rotatable bonds is 9. The van der Waals surface area contributed by atoms with E-state index in [9.17, 15) is 4.79 Å². The zero-order chi connectivity index (χ0) is 18.2. The molecule has 0 aliphatic carbocycles. The summed E-state index contributed by atoms with van der Waals surface area (Å²) in [5.41, 5.74) is 1.17. The molecular weight excluding hydrogens is 338 g/mol. The van der Waals surface area contributed by atoms with Crippen molar-refractivity contribution in [2.75, 3.05) is 0 Å². The van der Waals surface area contributed by atoms with Gasteiger partial charge in [-0.3, -0.25) is 4.79 Å². The molecule has 1 N–H and O–H groups in total. The van der Waals surface area contributed by atoms with E-state index in [4.69, 9.17) is 9.15 Å². The number of hydrogen-bond donors (Lipinski definition) is 1. The third kappa shape index (κ3) is 6.42. The highest BCUT2D eigenvalue weighted by Gasteiger charge is 2.19. The molecule has 1 amide bonds. The van der Waals surface area contributed by atoms with Crippen molar-refractivity contribution in [2.24, 2.45) is 0 Å². The Labute approximate surface area is 152 Å². The summed E-state index contributed by atoms with van der Waals surface area (Å²) in [4.78, 5) is 12.1. The van der Waals surface area contributed by atoms with Crippen molar-refractivity contribution < 1.29 is 13.9 Å². The van der Waals surface area contributed by atoms with Gasteiger partial charge in [0.05, 0.1) is 5.25 Å². The number of nitrogens with zero attached hydrogens (tertiary/aromatic N) is 2. The van der Waals surface area contributed by atoms with Crippen molar-refractivity contribution in [3.8, 4) is 5.75 Å². The molecule has 0 fully saturated rings. The molecule has 25 heavy (non-hydrogen) atoms. The second-order valence-electron chi connectivity index (χ2n) is 6.02. The van der Waals surface area contributed by atoms with Gasteiger partial charge in [0.25, 0.3) is 11.1 Å². The first-order valence-corrected chi connectivity index (χ1v) is 9.34. The molecule has 0 aliphatic heterocycles. The van der Waals surface area contributed by atoms with Crippen molar-refractivity contribution in [1.29, 1.82) is 0 Å². The Kier molecular flexibility index (Phi) is 7.31. The smallest absolute Gasteiger partial charge is 0.277 e. The Morgan fingerprint density at radius 1 is 1.28 bits per heavy atom. The fourth-order valence-electron chi connectivity index (χ4n) is 2.19. The minimum atomic E-state index is -0.300. The molecule has 2 rings (SSSR count). The number of nitrogens with one attached hydrogen (secondary N) is 1. The average Bonchev–Trinajstić information content (AvgIpc) is 3.02. The second-order valence-corrected chi connectivity index (χ2v) is 7.31. The molecule has 0 saturated heterocycles. The Morgan fingerprint density at radius 3 is 2.68 bits per heavy atom. The average molecular weight is 363 g/mol. The normalized spacial score (nSPS) is 13.3. The molecule has 2 aromatic rings. The summed E-state index contributed by atoms with van der Waals surface area (Å²) in [6.07, 6.45) is 2.00. The SMILES string of the molecule is CCCC(C)NC(=O)C(C)Sc1nnc(COc2ccc(C)cc2)o1. The Morgan fingerprint density at radius 2 is 2.00 bits per heavy atom. The fraction of sp³-hybridized carbons (Fsp3) is 0.500. The molecular formula is C18H25N3O3S. The van der Waals surface area contributed by atoms with Gasteiger partial charge in [0.15, 0.2) is 6.61 Å². The molecule has 7 heteroatoms. The molecule has 1 aromatic heterocycles. The lowest BCUT2D eigenvalue weighted by molar-refractivity contribution is -0.120. The Hall–Kier alpha value is -2.02. The molecule has 2 atom stereocenters. The summed E-state index contributed by atoms with van der Waals surface area (Å²) >= 11 is 1.25. The summed E-state index contributed by atoms with van der Waals surface area (Å²) in [5.74, 6) is 1.10. The second kappa shape index (κ2) is 9.46. The quantitative estimate of drug-likeness (QED) is 0.684. The number of aryl methyl sites for hydroxylation is 1. The highest BCUT2D eigenvalue weighted by atomic mass is 32.2. The first kappa shape index (κ1) is 19.3. The third-order valence-corrected chi connectivity index (χ3v) is 4.52. The van der Waals surface area contributed by atoms with Crippen LogP contribution in [0.2, 0.25) is 0 Å². The van der Waals surface area contributed by atoms with E-state index in [0.29, 0.717) is 11.1 Å². The number of carbonyl (C=O) groups is 1. The minimum Gasteiger partial charge on any atom is -0.484 e. The largest absolute Gasteiger partial charge is 0.484 e. The van der Waals surface area contributed by atoms with Gasteiger partial charge in [-0.25, -0.2) is 0 Å². The third-order valence-electron chi connectivity index (χ3n) is 3.59. The zero-order valence-corrected chi connectivity index (χ0v) is 15.9. The summed E-state index contributed by atoms with van der Waals surface area (Å²) in [7, 11) is 0. The predicted molar refractivity (Wildman–Crippen MR) is 97.6 cm³/mol. The lowest BCUT2D eigenvalue weighted by atomic mass is 10.2. The van der Waals surface area contributed by atoms with E-state index >= 15 is 0 Å². The van der Waals surface area contributed by atoms with Crippen molar-refractivity contribution in [2.45, 2.75) is 63.7 Å². The predicted octanol–water partition coefficient (Wildman–Crippen LogP) is 3.74. The van der Waals surface area contributed by atoms with E-state index < -0.39 is 0 Å². The van der Waals surface area contributed by atoms with E-state index in [-0.39, 0.29) is 23.8 Å². The maximum Gasteiger partial charge on any atom is 0.277 e. The lowest BCUT2D eigenvalue weighted by Crippen LogP contribution is -2.37. The van der Waals surface area contributed by atoms with E-state index in [0.717, 1.165) is 18.6 Å². The fourth-order valence-corrected chi connectivity index (χ4v) is 2.90. The van der Waals surface area contributed by atoms with Crippen LogP contribution in [-0.4, -0.2) is 27.4 Å². The van der Waals surface area contributed by atoms with E-state index in [2.05, 4.69) is 22.4 Å². The van der Waals surface area contributed by atoms with Crippen LogP contribution in [0, 0.1) is 6.92 Å². The lowest BCUT2D eigenvalue weighted by Gasteiger charge is -2.15. The topological polar surface area (TPSA) is 77.2 Å². The first-order valence-electron chi connectivity index (χ1n) is 8.46. The molecule has 1 heterocycles. The van der Waals surface area contributed by atoms with Gasteiger partial charge >= 0.3 is 0 Å². The van der Waals surface area contributed by atoms with Crippen LogP contribution in [0.3, 0.4) is 0 Å². The van der Waals surface area contributed by atoms with Crippen LogP contribution >= 0.6 is 11.8 Å². The Bertz CT molecular complexity index is 672. The maximum absolute atomic E-state index is 12.1. The standard InChI is InChI=1S/C18H25N3O3S/c1-5-6-13(3)19-17(22)14(4)25-18-21-20-16(24-18)11-23-15-9-7-12(2)8-10-15/h7-10,13-14H,5-6,11H2,1-4H3,(H,19,22). The van der Waals surface area contributed by atoms with Gasteiger partial charge in [-0.15, -0.1) is 10.2 Å². The van der Waals surface area contributed by atoms with Crippen LogP contribution in [0.1, 0.15) is 45.1 Å². The van der Waals surface area contributed by atoms with E-state index in [1.165, 1.54) is 17.3 Å². The van der Waals surface area contributed by atoms with Crippen LogP contribution < -0.4 is 10.1 Å². The number of ether oxygens (including phenoxy) is 1. The highest BCUT2D eigenvalue weighted by Crippen LogP contribution is 2.22. The van der Waals surface area contributed by atoms with Crippen molar-refractivity contribution >= 4 is 17.7 Å². The van der Waals surface area contributed by atoms with Gasteiger partial charge in [-0.05, 0) is 39.3 Å². The molecule has 2 unspecified atom stereocenters. The van der Waals surface area contributed by atoms with Crippen LogP contribution in [0.4, 0.5) is 0 Å². The number of amides is 1. The van der Waals surface area contributed by atoms with E-state index in [1.807, 2.05) is 45.0 Å². The van der Waals surface area contributed by atoms with Gasteiger partial charge in [-0.2, -0.15) is 0 Å². The maximum atomic E-state index is 12.1. The number of carbonyl (C=O) groups excluding carboxylic acids is 1. The highest BCUT2D eigenvalue weighted by molar-refractivity contribution is 8.00. The summed E-state index contributed by atoms with van der Waals surface area (Å²) < 4.78 is 11.1. The molecule has 0 aliphatic rings. The molecule has 0 spiro atoms. The van der Waals surface area contributed by atoms with Crippen LogP contribution in [0.5, 0.6) is 5.75 Å². The number of benzene rings is 1. The molecule has 0 saturated carbocycles. The number of thioether (sulfide) groups is 1. The Balaban J connectivity index is 1.81. The first-order chi connectivity index (χ1) is 12.0. The van der Waals surface area contributed by atoms with Crippen molar-refractivity contribution in [3.63, 3.8) is 0 Å². The summed E-state index contributed by atoms with van der Waals surface area (Å²) in [6, 6.07) is 7.91. The number of hydrogen-bond acceptors (Lipinski definition) is 6. The molecule has 0 bridgehead atoms. The van der Waals surface area contributed by atoms with Gasteiger partial charge < -0.3 is 14.5 Å². The monoisotopic (exact) mass is 363 g/mol.